The first-order valence-corrected chi connectivity index (χ1v) is 9.25. The fourth-order valence-electron chi connectivity index (χ4n) is 3.75. The first-order valence-electron chi connectivity index (χ1n) is 9.25. The maximum absolute atomic E-state index is 12.7. The van der Waals surface area contributed by atoms with Gasteiger partial charge >= 0.3 is 6.09 Å². The Kier molecular flexibility index (Phi) is 5.07. The average molecular weight is 361 g/mol. The molecule has 2 aromatic carbocycles. The van der Waals surface area contributed by atoms with Gasteiger partial charge in [-0.1, -0.05) is 67.3 Å². The molecule has 2 aromatic rings. The van der Waals surface area contributed by atoms with Crippen molar-refractivity contribution < 1.29 is 14.3 Å². The van der Waals surface area contributed by atoms with Crippen LogP contribution in [0.1, 0.15) is 23.1 Å². The summed E-state index contributed by atoms with van der Waals surface area (Å²) in [7, 11) is 0. The number of nitrogens with zero attached hydrogens (tertiary/aromatic N) is 1. The van der Waals surface area contributed by atoms with Crippen molar-refractivity contribution in [1.29, 1.82) is 0 Å². The van der Waals surface area contributed by atoms with E-state index in [0.717, 1.165) is 17.5 Å². The molecular weight excluding hydrogens is 338 g/mol. The number of morpholine rings is 1. The molecule has 0 aromatic heterocycles. The van der Waals surface area contributed by atoms with E-state index in [2.05, 4.69) is 24.8 Å². The zero-order valence-electron chi connectivity index (χ0n) is 15.2. The Balaban J connectivity index is 1.51. The Morgan fingerprint density at radius 2 is 2.04 bits per heavy atom. The molecule has 4 heteroatoms. The molecule has 2 aliphatic rings. The van der Waals surface area contributed by atoms with E-state index < -0.39 is 0 Å². The van der Waals surface area contributed by atoms with Crippen molar-refractivity contribution in [2.45, 2.75) is 25.1 Å². The third kappa shape index (κ3) is 3.81. The molecule has 1 fully saturated rings. The number of carbonyl (C=O) groups is 1. The molecule has 1 amide bonds. The number of benzene rings is 2. The molecule has 2 atom stereocenters. The molecule has 1 saturated heterocycles. The molecular formula is C23H23NO3. The minimum absolute atomic E-state index is 0.000546. The summed E-state index contributed by atoms with van der Waals surface area (Å²) in [5, 5.41) is 0. The molecule has 138 valence electrons. The fraction of sp³-hybridized carbons (Fsp3) is 0.261. The molecule has 27 heavy (non-hydrogen) atoms. The van der Waals surface area contributed by atoms with E-state index in [-0.39, 0.29) is 24.8 Å². The van der Waals surface area contributed by atoms with Gasteiger partial charge in [0.25, 0.3) is 0 Å². The lowest BCUT2D eigenvalue weighted by molar-refractivity contribution is -0.0342. The highest BCUT2D eigenvalue weighted by Gasteiger charge is 2.39. The van der Waals surface area contributed by atoms with Crippen LogP contribution in [0.3, 0.4) is 0 Å². The van der Waals surface area contributed by atoms with E-state index in [1.165, 1.54) is 11.1 Å². The summed E-state index contributed by atoms with van der Waals surface area (Å²) in [4.78, 5) is 14.6. The number of hydrogen-bond acceptors (Lipinski definition) is 3. The van der Waals surface area contributed by atoms with Crippen LogP contribution in [0, 0.1) is 0 Å². The van der Waals surface area contributed by atoms with E-state index in [1.807, 2.05) is 53.4 Å². The molecule has 4 nitrogen and oxygen atoms in total. The number of carbonyl (C=O) groups excluding carboxylic acids is 1. The second-order valence-corrected chi connectivity index (χ2v) is 6.93. The lowest BCUT2D eigenvalue weighted by atomic mass is 9.89. The van der Waals surface area contributed by atoms with E-state index in [9.17, 15) is 4.79 Å². The Morgan fingerprint density at radius 3 is 2.81 bits per heavy atom. The number of amides is 1. The van der Waals surface area contributed by atoms with Gasteiger partial charge in [-0.05, 0) is 34.8 Å². The van der Waals surface area contributed by atoms with E-state index >= 15 is 0 Å². The first kappa shape index (κ1) is 17.6. The van der Waals surface area contributed by atoms with Crippen LogP contribution in [0.25, 0.3) is 11.6 Å². The number of fused-ring (bicyclic) bond motifs is 2. The molecule has 0 spiro atoms. The fourth-order valence-corrected chi connectivity index (χ4v) is 3.75. The molecule has 2 aliphatic heterocycles. The predicted molar refractivity (Wildman–Crippen MR) is 106 cm³/mol. The Bertz CT molecular complexity index is 859. The Hall–Kier alpha value is -2.85. The van der Waals surface area contributed by atoms with Crippen molar-refractivity contribution in [2.75, 3.05) is 13.2 Å². The van der Waals surface area contributed by atoms with Crippen LogP contribution < -0.4 is 0 Å². The summed E-state index contributed by atoms with van der Waals surface area (Å²) < 4.78 is 11.3. The lowest BCUT2D eigenvalue weighted by Gasteiger charge is -2.43. The van der Waals surface area contributed by atoms with Crippen LogP contribution in [-0.4, -0.2) is 36.3 Å². The smallest absolute Gasteiger partial charge is 0.411 e. The number of ether oxygens (including phenoxy) is 2. The normalized spacial score (nSPS) is 21.3. The van der Waals surface area contributed by atoms with Crippen LogP contribution in [-0.2, 0) is 16.1 Å². The van der Waals surface area contributed by atoms with Gasteiger partial charge in [-0.25, -0.2) is 4.79 Å². The van der Waals surface area contributed by atoms with Gasteiger partial charge in [-0.2, -0.15) is 0 Å². The van der Waals surface area contributed by atoms with Gasteiger partial charge in [0, 0.05) is 0 Å². The van der Waals surface area contributed by atoms with Crippen molar-refractivity contribution >= 4 is 17.7 Å². The van der Waals surface area contributed by atoms with Gasteiger partial charge in [-0.3, -0.25) is 4.90 Å². The van der Waals surface area contributed by atoms with Gasteiger partial charge in [0.05, 0.1) is 25.3 Å². The summed E-state index contributed by atoms with van der Waals surface area (Å²) in [6.45, 7) is 5.17. The zero-order chi connectivity index (χ0) is 18.6. The molecule has 2 heterocycles. The molecule has 0 aliphatic carbocycles. The van der Waals surface area contributed by atoms with E-state index in [1.54, 1.807) is 0 Å². The minimum atomic E-state index is -0.271. The standard InChI is InChI=1S/C23H23NO3/c1-2-17-9-6-10-19(11-17)20-12-21-15-26-16-22(13-20)24(21)23(25)27-14-18-7-4-3-5-8-18/h2-12,21-22H,1,13-16H2. The van der Waals surface area contributed by atoms with Crippen LogP contribution in [0.2, 0.25) is 0 Å². The van der Waals surface area contributed by atoms with Crippen molar-refractivity contribution in [1.82, 2.24) is 4.90 Å². The summed E-state index contributed by atoms with van der Waals surface area (Å²) in [5.41, 5.74) is 4.52. The largest absolute Gasteiger partial charge is 0.445 e. The van der Waals surface area contributed by atoms with E-state index in [4.69, 9.17) is 9.47 Å². The molecule has 2 unspecified atom stereocenters. The summed E-state index contributed by atoms with van der Waals surface area (Å²) >= 11 is 0. The lowest BCUT2D eigenvalue weighted by Crippen LogP contribution is -2.56. The second-order valence-electron chi connectivity index (χ2n) is 6.93. The van der Waals surface area contributed by atoms with Crippen LogP contribution in [0.15, 0.2) is 67.3 Å². The maximum Gasteiger partial charge on any atom is 0.411 e. The predicted octanol–water partition coefficient (Wildman–Crippen LogP) is 4.52. The Labute approximate surface area is 159 Å². The maximum atomic E-state index is 12.7. The molecule has 2 bridgehead atoms. The monoisotopic (exact) mass is 361 g/mol. The first-order chi connectivity index (χ1) is 13.2. The van der Waals surface area contributed by atoms with Crippen molar-refractivity contribution in [3.63, 3.8) is 0 Å². The van der Waals surface area contributed by atoms with Crippen LogP contribution >= 0.6 is 0 Å². The highest BCUT2D eigenvalue weighted by Crippen LogP contribution is 2.33. The second kappa shape index (κ2) is 7.80. The number of rotatable bonds is 4. The molecule has 0 radical (unpaired) electrons. The third-order valence-electron chi connectivity index (χ3n) is 5.11. The van der Waals surface area contributed by atoms with Crippen molar-refractivity contribution in [2.24, 2.45) is 0 Å². The highest BCUT2D eigenvalue weighted by molar-refractivity contribution is 5.75. The quantitative estimate of drug-likeness (QED) is 0.803. The summed E-state index contributed by atoms with van der Waals surface area (Å²) in [6.07, 6.45) is 4.48. The third-order valence-corrected chi connectivity index (χ3v) is 5.11. The van der Waals surface area contributed by atoms with E-state index in [0.29, 0.717) is 13.2 Å². The molecule has 4 rings (SSSR count). The summed E-state index contributed by atoms with van der Waals surface area (Å²) in [6, 6.07) is 18.0. The molecule has 0 N–H and O–H groups in total. The van der Waals surface area contributed by atoms with Gasteiger partial charge in [0.1, 0.15) is 6.61 Å². The minimum Gasteiger partial charge on any atom is -0.445 e. The number of hydrogen-bond donors (Lipinski definition) is 0. The van der Waals surface area contributed by atoms with Gasteiger partial charge in [-0.15, -0.1) is 0 Å². The zero-order valence-corrected chi connectivity index (χ0v) is 15.2. The highest BCUT2D eigenvalue weighted by atomic mass is 16.6. The van der Waals surface area contributed by atoms with Crippen LogP contribution in [0.5, 0.6) is 0 Å². The Morgan fingerprint density at radius 1 is 1.19 bits per heavy atom. The topological polar surface area (TPSA) is 38.8 Å². The van der Waals surface area contributed by atoms with Crippen molar-refractivity contribution in [3.8, 4) is 0 Å². The molecule has 0 saturated carbocycles. The van der Waals surface area contributed by atoms with Gasteiger partial charge < -0.3 is 9.47 Å². The summed E-state index contributed by atoms with van der Waals surface area (Å²) in [5.74, 6) is 0. The van der Waals surface area contributed by atoms with Gasteiger partial charge in [0.15, 0.2) is 0 Å². The van der Waals surface area contributed by atoms with Crippen molar-refractivity contribution in [3.05, 3.63) is 83.9 Å². The SMILES string of the molecule is C=Cc1cccc(C2=CC3COCC(C2)N3C(=O)OCc2ccccc2)c1. The van der Waals surface area contributed by atoms with Gasteiger partial charge in [0.2, 0.25) is 0 Å². The van der Waals surface area contributed by atoms with Crippen LogP contribution in [0.4, 0.5) is 4.79 Å². The average Bonchev–Trinajstić information content (AvgIpc) is 2.72.